The first-order valence-electron chi connectivity index (χ1n) is 8.32. The fraction of sp³-hybridized carbons (Fsp3) is 0.263. The van der Waals surface area contributed by atoms with Gasteiger partial charge in [-0.25, -0.2) is 4.79 Å². The molecule has 0 radical (unpaired) electrons. The predicted molar refractivity (Wildman–Crippen MR) is 104 cm³/mol. The van der Waals surface area contributed by atoms with Gasteiger partial charge in [-0.3, -0.25) is 4.79 Å². The SMILES string of the molecule is COc1cc(Cl)c(-c2ccccc2Cl)cc1C(=O)N1CCN(C(=O)O)CC1. The number of amides is 2. The van der Waals surface area contributed by atoms with Crippen molar-refractivity contribution in [3.63, 3.8) is 0 Å². The van der Waals surface area contributed by atoms with Gasteiger partial charge in [0.2, 0.25) is 0 Å². The van der Waals surface area contributed by atoms with Crippen molar-refractivity contribution in [3.8, 4) is 16.9 Å². The van der Waals surface area contributed by atoms with E-state index in [1.807, 2.05) is 18.2 Å². The number of benzene rings is 2. The first-order valence-corrected chi connectivity index (χ1v) is 9.07. The second kappa shape index (κ2) is 8.06. The molecule has 0 atom stereocenters. The van der Waals surface area contributed by atoms with Gasteiger partial charge in [0.1, 0.15) is 5.75 Å². The van der Waals surface area contributed by atoms with E-state index in [1.165, 1.54) is 12.0 Å². The Morgan fingerprint density at radius 1 is 0.963 bits per heavy atom. The summed E-state index contributed by atoms with van der Waals surface area (Å²) in [6, 6.07) is 10.5. The molecule has 2 aromatic carbocycles. The lowest BCUT2D eigenvalue weighted by Gasteiger charge is -2.33. The highest BCUT2D eigenvalue weighted by Crippen LogP contribution is 2.37. The molecular weight excluding hydrogens is 391 g/mol. The Bertz CT molecular complexity index is 880. The van der Waals surface area contributed by atoms with Crippen molar-refractivity contribution >= 4 is 35.2 Å². The highest BCUT2D eigenvalue weighted by atomic mass is 35.5. The van der Waals surface area contributed by atoms with Gasteiger partial charge in [-0.2, -0.15) is 0 Å². The molecule has 3 rings (SSSR count). The van der Waals surface area contributed by atoms with E-state index in [-0.39, 0.29) is 19.0 Å². The van der Waals surface area contributed by atoms with Crippen molar-refractivity contribution in [1.82, 2.24) is 9.80 Å². The van der Waals surface area contributed by atoms with Gasteiger partial charge >= 0.3 is 6.09 Å². The third kappa shape index (κ3) is 3.96. The van der Waals surface area contributed by atoms with Crippen molar-refractivity contribution in [1.29, 1.82) is 0 Å². The molecule has 0 aliphatic carbocycles. The average Bonchev–Trinajstić information content (AvgIpc) is 2.68. The first kappa shape index (κ1) is 19.3. The quantitative estimate of drug-likeness (QED) is 0.829. The summed E-state index contributed by atoms with van der Waals surface area (Å²) in [4.78, 5) is 27.0. The third-order valence-electron chi connectivity index (χ3n) is 4.52. The zero-order chi connectivity index (χ0) is 19.6. The van der Waals surface area contributed by atoms with E-state index in [1.54, 1.807) is 23.1 Å². The Labute approximate surface area is 166 Å². The maximum atomic E-state index is 13.0. The van der Waals surface area contributed by atoms with Crippen LogP contribution in [0.25, 0.3) is 11.1 Å². The van der Waals surface area contributed by atoms with Gasteiger partial charge in [0.15, 0.2) is 0 Å². The molecule has 0 bridgehead atoms. The van der Waals surface area contributed by atoms with Gasteiger partial charge in [0.25, 0.3) is 5.91 Å². The first-order chi connectivity index (χ1) is 12.9. The van der Waals surface area contributed by atoms with Gasteiger partial charge in [-0.1, -0.05) is 41.4 Å². The number of carbonyl (C=O) groups excluding carboxylic acids is 1. The van der Waals surface area contributed by atoms with Gasteiger partial charge in [-0.15, -0.1) is 0 Å². The molecule has 1 fully saturated rings. The Hall–Kier alpha value is -2.44. The topological polar surface area (TPSA) is 70.1 Å². The van der Waals surface area contributed by atoms with E-state index < -0.39 is 6.09 Å². The zero-order valence-electron chi connectivity index (χ0n) is 14.6. The fourth-order valence-electron chi connectivity index (χ4n) is 3.05. The van der Waals surface area contributed by atoms with Gasteiger partial charge < -0.3 is 19.6 Å². The molecule has 0 spiro atoms. The summed E-state index contributed by atoms with van der Waals surface area (Å²) in [6.07, 6.45) is -0.979. The minimum Gasteiger partial charge on any atom is -0.496 e. The minimum absolute atomic E-state index is 0.234. The average molecular weight is 409 g/mol. The molecule has 1 saturated heterocycles. The predicted octanol–water partition coefficient (Wildman–Crippen LogP) is 4.10. The van der Waals surface area contributed by atoms with E-state index in [2.05, 4.69) is 0 Å². The lowest BCUT2D eigenvalue weighted by molar-refractivity contribution is 0.0622. The highest BCUT2D eigenvalue weighted by Gasteiger charge is 2.27. The van der Waals surface area contributed by atoms with E-state index in [0.29, 0.717) is 40.0 Å². The Morgan fingerprint density at radius 2 is 1.59 bits per heavy atom. The molecule has 0 unspecified atom stereocenters. The Kier molecular flexibility index (Phi) is 5.77. The van der Waals surface area contributed by atoms with Crippen LogP contribution in [0.4, 0.5) is 4.79 Å². The lowest BCUT2D eigenvalue weighted by Crippen LogP contribution is -2.50. The maximum Gasteiger partial charge on any atom is 0.407 e. The summed E-state index contributed by atoms with van der Waals surface area (Å²) in [5, 5.41) is 10.0. The van der Waals surface area contributed by atoms with Crippen molar-refractivity contribution in [2.75, 3.05) is 33.3 Å². The summed E-state index contributed by atoms with van der Waals surface area (Å²) in [7, 11) is 1.47. The molecule has 27 heavy (non-hydrogen) atoms. The van der Waals surface area contributed by atoms with Crippen LogP contribution in [0.5, 0.6) is 5.75 Å². The van der Waals surface area contributed by atoms with Crippen molar-refractivity contribution < 1.29 is 19.4 Å². The van der Waals surface area contributed by atoms with E-state index in [4.69, 9.17) is 33.0 Å². The van der Waals surface area contributed by atoms with Crippen LogP contribution in [0.3, 0.4) is 0 Å². The minimum atomic E-state index is -0.979. The number of nitrogens with zero attached hydrogens (tertiary/aromatic N) is 2. The molecule has 8 heteroatoms. The summed E-state index contributed by atoms with van der Waals surface area (Å²) in [5.41, 5.74) is 1.72. The second-order valence-electron chi connectivity index (χ2n) is 6.07. The molecule has 1 aliphatic heterocycles. The van der Waals surface area contributed by atoms with Gasteiger partial charge in [0, 0.05) is 48.4 Å². The zero-order valence-corrected chi connectivity index (χ0v) is 16.1. The summed E-state index contributed by atoms with van der Waals surface area (Å²) >= 11 is 12.7. The van der Waals surface area contributed by atoms with E-state index in [0.717, 1.165) is 5.56 Å². The molecule has 142 valence electrons. The van der Waals surface area contributed by atoms with Crippen LogP contribution in [-0.2, 0) is 0 Å². The number of hydrogen-bond donors (Lipinski definition) is 1. The van der Waals surface area contributed by atoms with E-state index >= 15 is 0 Å². The van der Waals surface area contributed by atoms with Crippen LogP contribution in [0, 0.1) is 0 Å². The van der Waals surface area contributed by atoms with Crippen LogP contribution >= 0.6 is 23.2 Å². The van der Waals surface area contributed by atoms with Crippen molar-refractivity contribution in [2.24, 2.45) is 0 Å². The molecule has 1 aliphatic rings. The molecule has 2 aromatic rings. The standard InChI is InChI=1S/C19H18Cl2N2O4/c1-27-17-11-16(21)13(12-4-2-3-5-15(12)20)10-14(17)18(24)22-6-8-23(9-7-22)19(25)26/h2-5,10-11H,6-9H2,1H3,(H,25,26). The number of rotatable bonds is 3. The largest absolute Gasteiger partial charge is 0.496 e. The molecule has 1 N–H and O–H groups in total. The molecule has 2 amide bonds. The van der Waals surface area contributed by atoms with Crippen LogP contribution in [0.15, 0.2) is 36.4 Å². The van der Waals surface area contributed by atoms with Crippen LogP contribution in [0.1, 0.15) is 10.4 Å². The molecular formula is C19H18Cl2N2O4. The van der Waals surface area contributed by atoms with Crippen LogP contribution in [-0.4, -0.2) is 60.2 Å². The summed E-state index contributed by atoms with van der Waals surface area (Å²) < 4.78 is 5.35. The number of carbonyl (C=O) groups is 2. The number of ether oxygens (including phenoxy) is 1. The number of hydrogen-bond acceptors (Lipinski definition) is 3. The molecule has 1 heterocycles. The van der Waals surface area contributed by atoms with Crippen LogP contribution in [0.2, 0.25) is 10.0 Å². The monoisotopic (exact) mass is 408 g/mol. The van der Waals surface area contributed by atoms with Crippen molar-refractivity contribution in [2.45, 2.75) is 0 Å². The Morgan fingerprint density at radius 3 is 2.19 bits per heavy atom. The molecule has 0 aromatic heterocycles. The Balaban J connectivity index is 1.95. The fourth-order valence-corrected chi connectivity index (χ4v) is 3.54. The highest BCUT2D eigenvalue weighted by molar-refractivity contribution is 6.36. The third-order valence-corrected chi connectivity index (χ3v) is 5.16. The second-order valence-corrected chi connectivity index (χ2v) is 6.89. The van der Waals surface area contributed by atoms with Crippen LogP contribution < -0.4 is 4.74 Å². The summed E-state index contributed by atoms with van der Waals surface area (Å²) in [6.45, 7) is 1.18. The number of halogens is 2. The number of piperazine rings is 1. The van der Waals surface area contributed by atoms with Crippen molar-refractivity contribution in [3.05, 3.63) is 52.0 Å². The number of carboxylic acid groups (broad SMARTS) is 1. The normalized spacial score (nSPS) is 14.2. The van der Waals surface area contributed by atoms with E-state index in [9.17, 15) is 9.59 Å². The van der Waals surface area contributed by atoms with Gasteiger partial charge in [0.05, 0.1) is 17.7 Å². The smallest absolute Gasteiger partial charge is 0.407 e. The lowest BCUT2D eigenvalue weighted by atomic mass is 10.0. The number of methoxy groups -OCH3 is 1. The van der Waals surface area contributed by atoms with Gasteiger partial charge in [-0.05, 0) is 12.1 Å². The molecule has 0 saturated carbocycles. The summed E-state index contributed by atoms with van der Waals surface area (Å²) in [5.74, 6) is 0.128. The maximum absolute atomic E-state index is 13.0. The molecule has 6 nitrogen and oxygen atoms in total.